The maximum absolute atomic E-state index is 12.3. The van der Waals surface area contributed by atoms with Gasteiger partial charge in [-0.3, -0.25) is 9.78 Å². The molecule has 2 N–H and O–H groups in total. The normalized spacial score (nSPS) is 11.5. The maximum Gasteiger partial charge on any atom is 0.169 e. The van der Waals surface area contributed by atoms with E-state index in [-0.39, 0.29) is 12.2 Å². The van der Waals surface area contributed by atoms with E-state index in [1.807, 2.05) is 13.8 Å². The minimum atomic E-state index is -0.692. The zero-order valence-electron chi connectivity index (χ0n) is 10.7. The SMILES string of the molecule is CCC(CC)(OC)C(=O)Cc1cnccc1N. The van der Waals surface area contributed by atoms with E-state index in [2.05, 4.69) is 4.98 Å². The summed E-state index contributed by atoms with van der Waals surface area (Å²) in [5.74, 6) is 0.0599. The van der Waals surface area contributed by atoms with Crippen LogP contribution in [0.25, 0.3) is 0 Å². The number of ketones is 1. The van der Waals surface area contributed by atoms with Gasteiger partial charge >= 0.3 is 0 Å². The third kappa shape index (κ3) is 2.82. The summed E-state index contributed by atoms with van der Waals surface area (Å²) >= 11 is 0. The van der Waals surface area contributed by atoms with E-state index in [9.17, 15) is 4.79 Å². The fourth-order valence-electron chi connectivity index (χ4n) is 1.97. The molecule has 0 aliphatic carbocycles. The molecule has 0 radical (unpaired) electrons. The highest BCUT2D eigenvalue weighted by Crippen LogP contribution is 2.24. The first-order valence-corrected chi connectivity index (χ1v) is 5.86. The van der Waals surface area contributed by atoms with Crippen LogP contribution in [-0.2, 0) is 16.0 Å². The van der Waals surface area contributed by atoms with E-state index < -0.39 is 5.60 Å². The maximum atomic E-state index is 12.3. The van der Waals surface area contributed by atoms with Crippen LogP contribution in [0.4, 0.5) is 5.69 Å². The Labute approximate surface area is 102 Å². The summed E-state index contributed by atoms with van der Waals surface area (Å²) in [6.45, 7) is 3.91. The van der Waals surface area contributed by atoms with Crippen molar-refractivity contribution >= 4 is 11.5 Å². The zero-order chi connectivity index (χ0) is 12.9. The molecular weight excluding hydrogens is 216 g/mol. The van der Waals surface area contributed by atoms with Gasteiger partial charge in [0.1, 0.15) is 5.60 Å². The lowest BCUT2D eigenvalue weighted by Gasteiger charge is -2.28. The quantitative estimate of drug-likeness (QED) is 0.820. The number of hydrogen-bond donors (Lipinski definition) is 1. The Kier molecular flexibility index (Phi) is 4.63. The number of nitrogens with zero attached hydrogens (tertiary/aromatic N) is 1. The molecule has 1 heterocycles. The summed E-state index contributed by atoms with van der Waals surface area (Å²) in [7, 11) is 1.58. The number of carbonyl (C=O) groups excluding carboxylic acids is 1. The van der Waals surface area contributed by atoms with Crippen LogP contribution in [0.15, 0.2) is 18.5 Å². The Morgan fingerprint density at radius 2 is 2.12 bits per heavy atom. The van der Waals surface area contributed by atoms with Gasteiger partial charge in [0.25, 0.3) is 0 Å². The second kappa shape index (κ2) is 5.77. The van der Waals surface area contributed by atoms with Crippen molar-refractivity contribution in [2.24, 2.45) is 0 Å². The average Bonchev–Trinajstić information content (AvgIpc) is 2.35. The largest absolute Gasteiger partial charge is 0.398 e. The molecule has 0 aromatic carbocycles. The number of hydrogen-bond acceptors (Lipinski definition) is 4. The molecule has 1 aromatic heterocycles. The highest BCUT2D eigenvalue weighted by Gasteiger charge is 2.34. The molecule has 0 amide bonds. The number of pyridine rings is 1. The molecule has 0 saturated carbocycles. The summed E-state index contributed by atoms with van der Waals surface area (Å²) in [5, 5.41) is 0. The highest BCUT2D eigenvalue weighted by molar-refractivity contribution is 5.90. The number of rotatable bonds is 6. The lowest BCUT2D eigenvalue weighted by atomic mass is 9.88. The van der Waals surface area contributed by atoms with Crippen LogP contribution in [0, 0.1) is 0 Å². The Hall–Kier alpha value is -1.42. The minimum Gasteiger partial charge on any atom is -0.398 e. The molecule has 4 nitrogen and oxygen atoms in total. The standard InChI is InChI=1S/C13H20N2O2/c1-4-13(5-2,17-3)12(16)8-10-9-15-7-6-11(10)14/h6-7,9H,4-5,8H2,1-3H3,(H2,14,15). The molecule has 1 rings (SSSR count). The molecule has 0 fully saturated rings. The van der Waals surface area contributed by atoms with Crippen LogP contribution >= 0.6 is 0 Å². The number of carbonyl (C=O) groups is 1. The molecule has 0 bridgehead atoms. The number of ether oxygens (including phenoxy) is 1. The summed E-state index contributed by atoms with van der Waals surface area (Å²) in [6.07, 6.45) is 4.86. The van der Waals surface area contributed by atoms with Crippen LogP contribution in [0.2, 0.25) is 0 Å². The van der Waals surface area contributed by atoms with Crippen molar-refractivity contribution in [1.82, 2.24) is 4.98 Å². The molecule has 0 spiro atoms. The van der Waals surface area contributed by atoms with Gasteiger partial charge in [-0.15, -0.1) is 0 Å². The first-order valence-electron chi connectivity index (χ1n) is 5.86. The first kappa shape index (κ1) is 13.6. The minimum absolute atomic E-state index is 0.0599. The molecule has 1 aromatic rings. The summed E-state index contributed by atoms with van der Waals surface area (Å²) in [6, 6.07) is 1.70. The van der Waals surface area contributed by atoms with Gasteiger partial charge in [0.05, 0.1) is 0 Å². The smallest absolute Gasteiger partial charge is 0.169 e. The van der Waals surface area contributed by atoms with E-state index in [0.717, 1.165) is 5.56 Å². The highest BCUT2D eigenvalue weighted by atomic mass is 16.5. The van der Waals surface area contributed by atoms with E-state index in [1.54, 1.807) is 25.6 Å². The molecule has 17 heavy (non-hydrogen) atoms. The lowest BCUT2D eigenvalue weighted by molar-refractivity contribution is -0.141. The van der Waals surface area contributed by atoms with Crippen LogP contribution in [0.1, 0.15) is 32.3 Å². The van der Waals surface area contributed by atoms with Gasteiger partial charge in [-0.2, -0.15) is 0 Å². The Bertz CT molecular complexity index is 378. The molecule has 0 atom stereocenters. The number of aromatic nitrogens is 1. The zero-order valence-corrected chi connectivity index (χ0v) is 10.7. The summed E-state index contributed by atoms with van der Waals surface area (Å²) < 4.78 is 5.40. The van der Waals surface area contributed by atoms with Crippen molar-refractivity contribution in [1.29, 1.82) is 0 Å². The summed E-state index contributed by atoms with van der Waals surface area (Å²) in [5.41, 5.74) is 6.48. The van der Waals surface area contributed by atoms with Crippen LogP contribution in [0.5, 0.6) is 0 Å². The predicted molar refractivity (Wildman–Crippen MR) is 67.7 cm³/mol. The van der Waals surface area contributed by atoms with Crippen molar-refractivity contribution in [3.8, 4) is 0 Å². The van der Waals surface area contributed by atoms with Gasteiger partial charge in [-0.1, -0.05) is 13.8 Å². The van der Waals surface area contributed by atoms with E-state index in [1.165, 1.54) is 0 Å². The first-order chi connectivity index (χ1) is 8.09. The van der Waals surface area contributed by atoms with Crippen LogP contribution in [-0.4, -0.2) is 23.5 Å². The van der Waals surface area contributed by atoms with E-state index in [0.29, 0.717) is 18.5 Å². The fraction of sp³-hybridized carbons (Fsp3) is 0.538. The number of methoxy groups -OCH3 is 1. The van der Waals surface area contributed by atoms with Crippen molar-refractivity contribution in [3.63, 3.8) is 0 Å². The Balaban J connectivity index is 2.88. The molecule has 0 aliphatic rings. The third-order valence-corrected chi connectivity index (χ3v) is 3.33. The van der Waals surface area contributed by atoms with Crippen molar-refractivity contribution in [3.05, 3.63) is 24.0 Å². The monoisotopic (exact) mass is 236 g/mol. The van der Waals surface area contributed by atoms with Crippen molar-refractivity contribution < 1.29 is 9.53 Å². The van der Waals surface area contributed by atoms with Gasteiger partial charge in [0.2, 0.25) is 0 Å². The van der Waals surface area contributed by atoms with Gasteiger partial charge < -0.3 is 10.5 Å². The molecule has 4 heteroatoms. The number of Topliss-reactive ketones (excluding diaryl/α,β-unsaturated/α-hetero) is 1. The molecule has 0 saturated heterocycles. The van der Waals surface area contributed by atoms with Crippen LogP contribution < -0.4 is 5.73 Å². The average molecular weight is 236 g/mol. The number of nitrogen functional groups attached to an aromatic ring is 1. The van der Waals surface area contributed by atoms with Crippen molar-refractivity contribution in [2.75, 3.05) is 12.8 Å². The third-order valence-electron chi connectivity index (χ3n) is 3.33. The van der Waals surface area contributed by atoms with Crippen LogP contribution in [0.3, 0.4) is 0 Å². The fourth-order valence-corrected chi connectivity index (χ4v) is 1.97. The molecule has 0 unspecified atom stereocenters. The molecule has 94 valence electrons. The Morgan fingerprint density at radius 3 is 2.59 bits per heavy atom. The van der Waals surface area contributed by atoms with Crippen molar-refractivity contribution in [2.45, 2.75) is 38.7 Å². The van der Waals surface area contributed by atoms with Gasteiger partial charge in [0.15, 0.2) is 5.78 Å². The topological polar surface area (TPSA) is 65.2 Å². The Morgan fingerprint density at radius 1 is 1.47 bits per heavy atom. The molecular formula is C13H20N2O2. The second-order valence-corrected chi connectivity index (χ2v) is 4.08. The summed E-state index contributed by atoms with van der Waals surface area (Å²) in [4.78, 5) is 16.3. The lowest BCUT2D eigenvalue weighted by Crippen LogP contribution is -2.40. The van der Waals surface area contributed by atoms with Gasteiger partial charge in [-0.05, 0) is 18.9 Å². The molecule has 0 aliphatic heterocycles. The predicted octanol–water partition coefficient (Wildman–Crippen LogP) is 1.98. The second-order valence-electron chi connectivity index (χ2n) is 4.08. The number of anilines is 1. The van der Waals surface area contributed by atoms with E-state index in [4.69, 9.17) is 10.5 Å². The van der Waals surface area contributed by atoms with Gasteiger partial charge in [0, 0.05) is 37.2 Å². The van der Waals surface area contributed by atoms with E-state index >= 15 is 0 Å². The van der Waals surface area contributed by atoms with Gasteiger partial charge in [-0.25, -0.2) is 0 Å². The number of nitrogens with two attached hydrogens (primary N) is 1.